The predicted molar refractivity (Wildman–Crippen MR) is 101 cm³/mol. The predicted octanol–water partition coefficient (Wildman–Crippen LogP) is 3.83. The third-order valence-electron chi connectivity index (χ3n) is 4.23. The molecule has 0 unspecified atom stereocenters. The number of carbonyl (C=O) groups excluding carboxylic acids is 1. The average molecular weight is 359 g/mol. The first-order valence-electron chi connectivity index (χ1n) is 8.47. The molecule has 6 nitrogen and oxygen atoms in total. The van der Waals surface area contributed by atoms with Gasteiger partial charge in [0.2, 0.25) is 0 Å². The second-order valence-corrected chi connectivity index (χ2v) is 6.25. The number of benzene rings is 3. The number of phenolic OH excluding ortho intramolecular Hbond substituents is 1. The summed E-state index contributed by atoms with van der Waals surface area (Å²) < 4.78 is 5.75. The molecule has 1 aromatic heterocycles. The van der Waals surface area contributed by atoms with Crippen molar-refractivity contribution in [3.63, 3.8) is 0 Å². The molecule has 0 atom stereocenters. The summed E-state index contributed by atoms with van der Waals surface area (Å²) in [4.78, 5) is 12.2. The highest BCUT2D eigenvalue weighted by molar-refractivity contribution is 5.75. The molecule has 0 saturated carbocycles. The molecule has 0 fully saturated rings. The zero-order chi connectivity index (χ0) is 18.8. The average Bonchev–Trinajstić information content (AvgIpc) is 3.12. The van der Waals surface area contributed by atoms with Gasteiger partial charge in [0.15, 0.2) is 0 Å². The van der Waals surface area contributed by atoms with Gasteiger partial charge < -0.3 is 9.84 Å². The molecule has 27 heavy (non-hydrogen) atoms. The van der Waals surface area contributed by atoms with Gasteiger partial charge in [-0.1, -0.05) is 12.1 Å². The van der Waals surface area contributed by atoms with Crippen molar-refractivity contribution >= 4 is 17.3 Å². The Morgan fingerprint density at radius 1 is 1.04 bits per heavy atom. The van der Waals surface area contributed by atoms with E-state index in [4.69, 9.17) is 4.74 Å². The lowest BCUT2D eigenvalue weighted by Crippen LogP contribution is -2.04. The monoisotopic (exact) mass is 359 g/mol. The van der Waals surface area contributed by atoms with E-state index in [9.17, 15) is 9.90 Å². The quantitative estimate of drug-likeness (QED) is 0.548. The number of nitrogens with zero attached hydrogens (tertiary/aromatic N) is 3. The zero-order valence-electron chi connectivity index (χ0n) is 14.7. The molecule has 4 rings (SSSR count). The van der Waals surface area contributed by atoms with Gasteiger partial charge in [-0.3, -0.25) is 4.79 Å². The van der Waals surface area contributed by atoms with E-state index in [-0.39, 0.29) is 12.4 Å². The van der Waals surface area contributed by atoms with Crippen molar-refractivity contribution in [2.24, 2.45) is 0 Å². The lowest BCUT2D eigenvalue weighted by atomic mass is 10.1. The normalized spacial score (nSPS) is 10.9. The van der Waals surface area contributed by atoms with E-state index in [1.54, 1.807) is 24.3 Å². The molecule has 0 bridgehead atoms. The Labute approximate surface area is 155 Å². The number of aromatic nitrogens is 3. The third kappa shape index (κ3) is 3.37. The van der Waals surface area contributed by atoms with E-state index < -0.39 is 0 Å². The molecule has 6 heteroatoms. The fourth-order valence-corrected chi connectivity index (χ4v) is 2.87. The van der Waals surface area contributed by atoms with Crippen molar-refractivity contribution in [1.82, 2.24) is 15.0 Å². The number of ether oxygens (including phenoxy) is 1. The van der Waals surface area contributed by atoms with Crippen molar-refractivity contribution in [3.05, 3.63) is 77.4 Å². The number of aldehydes is 1. The minimum Gasteiger partial charge on any atom is -0.505 e. The number of hydrogen-bond donors (Lipinski definition) is 1. The maximum Gasteiger partial charge on any atom is 0.150 e. The summed E-state index contributed by atoms with van der Waals surface area (Å²) in [6.45, 7) is 2.12. The van der Waals surface area contributed by atoms with Gasteiger partial charge in [0.05, 0.1) is 0 Å². The standard InChI is InChI=1S/C21H17N3O3/c1-14-10-16(13-27-17-8-6-15(12-25)7-9-17)21(26)20(11-14)24-22-18-4-2-3-5-19(18)23-24/h2-12,26H,13H2,1H3. The summed E-state index contributed by atoms with van der Waals surface area (Å²) in [5.41, 5.74) is 4.18. The van der Waals surface area contributed by atoms with Crippen LogP contribution in [-0.4, -0.2) is 26.4 Å². The summed E-state index contributed by atoms with van der Waals surface area (Å²) in [5, 5.41) is 19.6. The second-order valence-electron chi connectivity index (χ2n) is 6.25. The highest BCUT2D eigenvalue weighted by Crippen LogP contribution is 2.29. The molecule has 0 spiro atoms. The van der Waals surface area contributed by atoms with Crippen LogP contribution in [0.25, 0.3) is 16.7 Å². The maximum atomic E-state index is 10.7. The van der Waals surface area contributed by atoms with Crippen molar-refractivity contribution in [1.29, 1.82) is 0 Å². The first-order valence-corrected chi connectivity index (χ1v) is 8.47. The van der Waals surface area contributed by atoms with Crippen LogP contribution in [0.15, 0.2) is 60.7 Å². The Balaban J connectivity index is 1.64. The number of aromatic hydroxyl groups is 1. The Bertz CT molecular complexity index is 1080. The van der Waals surface area contributed by atoms with Crippen LogP contribution in [0.3, 0.4) is 0 Å². The Morgan fingerprint density at radius 3 is 2.33 bits per heavy atom. The number of phenols is 1. The molecule has 0 amide bonds. The Hall–Kier alpha value is -3.67. The van der Waals surface area contributed by atoms with Gasteiger partial charge in [-0.2, -0.15) is 0 Å². The van der Waals surface area contributed by atoms with E-state index in [1.807, 2.05) is 43.3 Å². The van der Waals surface area contributed by atoms with Crippen molar-refractivity contribution in [2.45, 2.75) is 13.5 Å². The lowest BCUT2D eigenvalue weighted by molar-refractivity contribution is 0.112. The van der Waals surface area contributed by atoms with Gasteiger partial charge in [0.25, 0.3) is 0 Å². The van der Waals surface area contributed by atoms with Crippen LogP contribution in [0.5, 0.6) is 11.5 Å². The molecule has 0 radical (unpaired) electrons. The molecule has 0 aliphatic rings. The number of hydrogen-bond acceptors (Lipinski definition) is 5. The number of carbonyl (C=O) groups is 1. The first-order chi connectivity index (χ1) is 13.1. The molecule has 0 aliphatic heterocycles. The van der Waals surface area contributed by atoms with Crippen molar-refractivity contribution in [2.75, 3.05) is 0 Å². The molecule has 0 saturated heterocycles. The molecule has 0 aliphatic carbocycles. The van der Waals surface area contributed by atoms with E-state index in [0.29, 0.717) is 22.6 Å². The van der Waals surface area contributed by atoms with E-state index >= 15 is 0 Å². The number of rotatable bonds is 5. The minimum absolute atomic E-state index is 0.0745. The first kappa shape index (κ1) is 16.8. The molecular formula is C21H17N3O3. The zero-order valence-corrected chi connectivity index (χ0v) is 14.7. The van der Waals surface area contributed by atoms with Crippen LogP contribution in [0, 0.1) is 6.92 Å². The minimum atomic E-state index is 0.0745. The van der Waals surface area contributed by atoms with E-state index in [2.05, 4.69) is 10.2 Å². The molecular weight excluding hydrogens is 342 g/mol. The summed E-state index contributed by atoms with van der Waals surface area (Å²) >= 11 is 0. The van der Waals surface area contributed by atoms with E-state index in [0.717, 1.165) is 22.9 Å². The van der Waals surface area contributed by atoms with Crippen LogP contribution >= 0.6 is 0 Å². The fraction of sp³-hybridized carbons (Fsp3) is 0.0952. The van der Waals surface area contributed by atoms with Gasteiger partial charge in [0.1, 0.15) is 41.1 Å². The van der Waals surface area contributed by atoms with Gasteiger partial charge in [-0.05, 0) is 61.0 Å². The molecule has 134 valence electrons. The summed E-state index contributed by atoms with van der Waals surface area (Å²) in [6.07, 6.45) is 0.781. The molecule has 1 N–H and O–H groups in total. The van der Waals surface area contributed by atoms with Crippen LogP contribution in [-0.2, 0) is 6.61 Å². The van der Waals surface area contributed by atoms with Crippen LogP contribution in [0.2, 0.25) is 0 Å². The topological polar surface area (TPSA) is 77.2 Å². The lowest BCUT2D eigenvalue weighted by Gasteiger charge is -2.12. The van der Waals surface area contributed by atoms with Gasteiger partial charge in [-0.15, -0.1) is 15.0 Å². The van der Waals surface area contributed by atoms with Crippen molar-refractivity contribution < 1.29 is 14.6 Å². The molecule has 4 aromatic rings. The fourth-order valence-electron chi connectivity index (χ4n) is 2.87. The van der Waals surface area contributed by atoms with E-state index in [1.165, 1.54) is 4.80 Å². The van der Waals surface area contributed by atoms with Gasteiger partial charge in [-0.25, -0.2) is 0 Å². The SMILES string of the molecule is Cc1cc(COc2ccc(C=O)cc2)c(O)c(-n2nc3ccccc3n2)c1. The highest BCUT2D eigenvalue weighted by Gasteiger charge is 2.14. The second kappa shape index (κ2) is 6.92. The largest absolute Gasteiger partial charge is 0.505 e. The number of fused-ring (bicyclic) bond motifs is 1. The van der Waals surface area contributed by atoms with Crippen LogP contribution in [0.4, 0.5) is 0 Å². The van der Waals surface area contributed by atoms with Gasteiger partial charge in [0, 0.05) is 11.1 Å². The number of aryl methyl sites for hydroxylation is 1. The Kier molecular flexibility index (Phi) is 4.30. The Morgan fingerprint density at radius 2 is 1.70 bits per heavy atom. The van der Waals surface area contributed by atoms with Crippen molar-refractivity contribution in [3.8, 4) is 17.2 Å². The van der Waals surface area contributed by atoms with Gasteiger partial charge >= 0.3 is 0 Å². The van der Waals surface area contributed by atoms with Crippen LogP contribution < -0.4 is 4.74 Å². The maximum absolute atomic E-state index is 10.7. The van der Waals surface area contributed by atoms with Crippen LogP contribution in [0.1, 0.15) is 21.5 Å². The summed E-state index contributed by atoms with van der Waals surface area (Å²) in [6, 6.07) is 18.0. The third-order valence-corrected chi connectivity index (χ3v) is 4.23. The molecule has 3 aromatic carbocycles. The highest BCUT2D eigenvalue weighted by atomic mass is 16.5. The smallest absolute Gasteiger partial charge is 0.150 e. The summed E-state index contributed by atoms with van der Waals surface area (Å²) in [5.74, 6) is 0.691. The summed E-state index contributed by atoms with van der Waals surface area (Å²) in [7, 11) is 0. The molecule has 1 heterocycles.